The minimum atomic E-state index is -0.447. The van der Waals surface area contributed by atoms with E-state index < -0.39 is 5.97 Å². The molecule has 5 nitrogen and oxygen atoms in total. The Bertz CT molecular complexity index is 924. The van der Waals surface area contributed by atoms with Gasteiger partial charge in [0.25, 0.3) is 0 Å². The number of nitrogens with zero attached hydrogens (tertiary/aromatic N) is 1. The van der Waals surface area contributed by atoms with E-state index in [9.17, 15) is 9.59 Å². The Balaban J connectivity index is 1.87. The minimum Gasteiger partial charge on any atom is -0.464 e. The maximum absolute atomic E-state index is 12.5. The number of methoxy groups -OCH3 is 1. The van der Waals surface area contributed by atoms with Crippen molar-refractivity contribution in [1.82, 2.24) is 4.57 Å². The Hall–Kier alpha value is -2.60. The van der Waals surface area contributed by atoms with Crippen molar-refractivity contribution in [2.75, 3.05) is 12.4 Å². The molecule has 3 rings (SSSR count). The summed E-state index contributed by atoms with van der Waals surface area (Å²) >= 11 is 1.49. The third kappa shape index (κ3) is 3.05. The number of hydrogen-bond acceptors (Lipinski definition) is 4. The first-order chi connectivity index (χ1) is 11.5. The van der Waals surface area contributed by atoms with Crippen LogP contribution in [0.15, 0.2) is 35.7 Å². The summed E-state index contributed by atoms with van der Waals surface area (Å²) in [6.45, 7) is 4.02. The van der Waals surface area contributed by atoms with Crippen LogP contribution in [0.2, 0.25) is 0 Å². The van der Waals surface area contributed by atoms with E-state index in [2.05, 4.69) is 5.32 Å². The molecule has 0 saturated heterocycles. The monoisotopic (exact) mass is 342 g/mol. The topological polar surface area (TPSA) is 60.3 Å². The molecule has 0 spiro atoms. The number of anilines is 1. The summed E-state index contributed by atoms with van der Waals surface area (Å²) in [4.78, 5) is 25.3. The van der Waals surface area contributed by atoms with Gasteiger partial charge in [-0.1, -0.05) is 17.7 Å². The van der Waals surface area contributed by atoms with Gasteiger partial charge in [0.15, 0.2) is 0 Å². The molecule has 2 heterocycles. The Morgan fingerprint density at radius 2 is 2.00 bits per heavy atom. The number of hydrogen-bond donors (Lipinski definition) is 1. The quantitative estimate of drug-likeness (QED) is 0.735. The number of esters is 1. The zero-order valence-electron chi connectivity index (χ0n) is 13.8. The van der Waals surface area contributed by atoms with Gasteiger partial charge < -0.3 is 14.6 Å². The van der Waals surface area contributed by atoms with E-state index in [0.717, 1.165) is 27.0 Å². The summed E-state index contributed by atoms with van der Waals surface area (Å²) in [6, 6.07) is 9.53. The van der Waals surface area contributed by atoms with Gasteiger partial charge in [-0.3, -0.25) is 4.79 Å². The molecule has 124 valence electrons. The summed E-state index contributed by atoms with van der Waals surface area (Å²) in [5.41, 5.74) is 3.31. The van der Waals surface area contributed by atoms with Crippen molar-refractivity contribution in [2.45, 2.75) is 20.4 Å². The lowest BCUT2D eigenvalue weighted by molar-refractivity contribution is -0.116. The molecule has 0 atom stereocenters. The predicted molar refractivity (Wildman–Crippen MR) is 95.7 cm³/mol. The lowest BCUT2D eigenvalue weighted by atomic mass is 10.1. The second-order valence-electron chi connectivity index (χ2n) is 5.65. The van der Waals surface area contributed by atoms with Gasteiger partial charge in [-0.05, 0) is 43.0 Å². The van der Waals surface area contributed by atoms with Crippen molar-refractivity contribution < 1.29 is 14.3 Å². The Labute approximate surface area is 143 Å². The number of aromatic nitrogens is 1. The van der Waals surface area contributed by atoms with Crippen molar-refractivity contribution in [3.8, 4) is 0 Å². The number of thiophene rings is 1. The average molecular weight is 342 g/mol. The Morgan fingerprint density at radius 1 is 1.21 bits per heavy atom. The zero-order valence-corrected chi connectivity index (χ0v) is 14.6. The lowest BCUT2D eigenvalue weighted by Crippen LogP contribution is -2.21. The molecule has 0 bridgehead atoms. The van der Waals surface area contributed by atoms with Crippen molar-refractivity contribution in [3.63, 3.8) is 0 Å². The highest BCUT2D eigenvalue weighted by molar-refractivity contribution is 7.16. The summed E-state index contributed by atoms with van der Waals surface area (Å²) in [6.07, 6.45) is 0. The first-order valence-corrected chi connectivity index (χ1v) is 8.39. The Morgan fingerprint density at radius 3 is 2.71 bits per heavy atom. The molecule has 0 fully saturated rings. The molecule has 6 heteroatoms. The summed E-state index contributed by atoms with van der Waals surface area (Å²) in [5.74, 6) is -0.629. The standard InChI is InChI=1S/C18H18N2O3S/c1-11-4-5-14(12(2)8-11)19-16(21)10-20-15(18(22)23-3)9-13-6-7-24-17(13)20/h4-9H,10H2,1-3H3,(H,19,21). The minimum absolute atomic E-state index is 0.0573. The largest absolute Gasteiger partial charge is 0.464 e. The highest BCUT2D eigenvalue weighted by Crippen LogP contribution is 2.26. The van der Waals surface area contributed by atoms with Crippen LogP contribution >= 0.6 is 11.3 Å². The van der Waals surface area contributed by atoms with Crippen LogP contribution in [0.5, 0.6) is 0 Å². The summed E-state index contributed by atoms with van der Waals surface area (Å²) in [5, 5.41) is 5.77. The van der Waals surface area contributed by atoms with Gasteiger partial charge in [0, 0.05) is 11.1 Å². The smallest absolute Gasteiger partial charge is 0.354 e. The maximum Gasteiger partial charge on any atom is 0.354 e. The van der Waals surface area contributed by atoms with E-state index in [1.165, 1.54) is 18.4 Å². The van der Waals surface area contributed by atoms with Crippen LogP contribution in [0.25, 0.3) is 10.2 Å². The molecule has 2 aromatic heterocycles. The highest BCUT2D eigenvalue weighted by Gasteiger charge is 2.19. The number of nitrogens with one attached hydrogen (secondary N) is 1. The van der Waals surface area contributed by atoms with E-state index >= 15 is 0 Å². The first kappa shape index (κ1) is 16.3. The molecule has 0 radical (unpaired) electrons. The second kappa shape index (κ2) is 6.49. The number of fused-ring (bicyclic) bond motifs is 1. The van der Waals surface area contributed by atoms with E-state index in [0.29, 0.717) is 5.69 Å². The summed E-state index contributed by atoms with van der Waals surface area (Å²) < 4.78 is 6.52. The molecule has 3 aromatic rings. The fourth-order valence-corrected chi connectivity index (χ4v) is 3.59. The fraction of sp³-hybridized carbons (Fsp3) is 0.222. The highest BCUT2D eigenvalue weighted by atomic mass is 32.1. The van der Waals surface area contributed by atoms with E-state index in [4.69, 9.17) is 4.74 Å². The lowest BCUT2D eigenvalue weighted by Gasteiger charge is -2.11. The fourth-order valence-electron chi connectivity index (χ4n) is 2.69. The first-order valence-electron chi connectivity index (χ1n) is 7.51. The van der Waals surface area contributed by atoms with E-state index in [1.807, 2.05) is 43.5 Å². The van der Waals surface area contributed by atoms with Crippen LogP contribution in [0, 0.1) is 13.8 Å². The molecule has 0 aliphatic heterocycles. The number of ether oxygens (including phenoxy) is 1. The molecule has 0 unspecified atom stereocenters. The van der Waals surface area contributed by atoms with Crippen LogP contribution in [0.1, 0.15) is 21.6 Å². The number of carbonyl (C=O) groups excluding carboxylic acids is 2. The van der Waals surface area contributed by atoms with Crippen LogP contribution in [0.3, 0.4) is 0 Å². The van der Waals surface area contributed by atoms with Crippen LogP contribution in [-0.4, -0.2) is 23.6 Å². The number of carbonyl (C=O) groups is 2. The normalized spacial score (nSPS) is 10.8. The molecule has 1 aromatic carbocycles. The zero-order chi connectivity index (χ0) is 17.3. The van der Waals surface area contributed by atoms with Gasteiger partial charge in [-0.15, -0.1) is 11.3 Å². The van der Waals surface area contributed by atoms with Crippen molar-refractivity contribution in [2.24, 2.45) is 0 Å². The molecule has 0 aliphatic rings. The third-order valence-electron chi connectivity index (χ3n) is 3.85. The number of aryl methyl sites for hydroxylation is 2. The molecular weight excluding hydrogens is 324 g/mol. The predicted octanol–water partition coefficient (Wildman–Crippen LogP) is 3.74. The summed E-state index contributed by atoms with van der Waals surface area (Å²) in [7, 11) is 1.34. The van der Waals surface area contributed by atoms with Crippen molar-refractivity contribution in [1.29, 1.82) is 0 Å². The van der Waals surface area contributed by atoms with Gasteiger partial charge in [0.2, 0.25) is 5.91 Å². The molecule has 0 saturated carbocycles. The molecular formula is C18H18N2O3S. The number of rotatable bonds is 4. The van der Waals surface area contributed by atoms with E-state index in [-0.39, 0.29) is 12.5 Å². The van der Waals surface area contributed by atoms with Crippen LogP contribution < -0.4 is 5.32 Å². The molecule has 1 N–H and O–H groups in total. The van der Waals surface area contributed by atoms with Gasteiger partial charge in [0.1, 0.15) is 17.1 Å². The molecule has 24 heavy (non-hydrogen) atoms. The molecule has 1 amide bonds. The SMILES string of the molecule is COC(=O)c1cc2ccsc2n1CC(=O)Nc1ccc(C)cc1C. The second-order valence-corrected chi connectivity index (χ2v) is 6.55. The number of amides is 1. The Kier molecular flexibility index (Phi) is 4.40. The average Bonchev–Trinajstić information content (AvgIpc) is 3.12. The molecule has 0 aliphatic carbocycles. The van der Waals surface area contributed by atoms with Crippen molar-refractivity contribution in [3.05, 3.63) is 52.5 Å². The van der Waals surface area contributed by atoms with Gasteiger partial charge in [-0.25, -0.2) is 4.79 Å². The van der Waals surface area contributed by atoms with Crippen molar-refractivity contribution >= 4 is 39.1 Å². The van der Waals surface area contributed by atoms with E-state index in [1.54, 1.807) is 10.6 Å². The maximum atomic E-state index is 12.5. The van der Waals surface area contributed by atoms with Gasteiger partial charge in [0.05, 0.1) is 7.11 Å². The van der Waals surface area contributed by atoms with Gasteiger partial charge >= 0.3 is 5.97 Å². The van der Waals surface area contributed by atoms with Crippen LogP contribution in [0.4, 0.5) is 5.69 Å². The third-order valence-corrected chi connectivity index (χ3v) is 4.81. The van der Waals surface area contributed by atoms with Gasteiger partial charge in [-0.2, -0.15) is 0 Å². The van der Waals surface area contributed by atoms with Crippen LogP contribution in [-0.2, 0) is 16.1 Å². The number of benzene rings is 1.